The molecule has 0 saturated carbocycles. The number of methoxy groups -OCH3 is 4. The van der Waals surface area contributed by atoms with Crippen LogP contribution in [0.4, 0.5) is 0 Å². The Hall–Kier alpha value is -3.19. The number of Topliss-reactive ketones (excluding diaryl/α,β-unsaturated/α-hetero) is 2. The Morgan fingerprint density at radius 3 is 1.87 bits per heavy atom. The molecule has 0 amide bonds. The van der Waals surface area contributed by atoms with Gasteiger partial charge in [0.15, 0.2) is 44.4 Å². The summed E-state index contributed by atoms with van der Waals surface area (Å²) in [6, 6.07) is 8.91. The molecule has 11 nitrogen and oxygen atoms in total. The SMILES string of the molecule is COc1ccc(C(=O)CNCCN(CC(=O)c2ccc(OC)c(OC)c2)[C@@H]2CS(=O)(=O)C[C@H]2O)cc1OC. The van der Waals surface area contributed by atoms with Crippen LogP contribution in [0.15, 0.2) is 36.4 Å². The standard InChI is InChI=1S/C26H34N2O9S/c1-34-23-7-5-17(11-25(23)36-3)20(29)13-27-9-10-28(19-15-38(32,33)16-22(19)31)14-21(30)18-6-8-24(35-2)26(12-18)37-4/h5-8,11-12,19,22,27,31H,9-10,13-16H2,1-4H3/t19-,22-/m1/s1. The van der Waals surface area contributed by atoms with E-state index >= 15 is 0 Å². The minimum absolute atomic E-state index is 0.0124. The van der Waals surface area contributed by atoms with Crippen molar-refractivity contribution < 1.29 is 42.1 Å². The van der Waals surface area contributed by atoms with Gasteiger partial charge in [-0.1, -0.05) is 0 Å². The van der Waals surface area contributed by atoms with Gasteiger partial charge in [-0.15, -0.1) is 0 Å². The van der Waals surface area contributed by atoms with Crippen LogP contribution < -0.4 is 24.3 Å². The summed E-state index contributed by atoms with van der Waals surface area (Å²) in [7, 11) is 2.51. The molecule has 2 N–H and O–H groups in total. The van der Waals surface area contributed by atoms with Crippen molar-refractivity contribution >= 4 is 21.4 Å². The van der Waals surface area contributed by atoms with Crippen LogP contribution in [0.3, 0.4) is 0 Å². The van der Waals surface area contributed by atoms with Crippen LogP contribution in [0, 0.1) is 0 Å². The van der Waals surface area contributed by atoms with Gasteiger partial charge in [-0.05, 0) is 36.4 Å². The Balaban J connectivity index is 1.67. The van der Waals surface area contributed by atoms with Crippen molar-refractivity contribution in [2.45, 2.75) is 12.1 Å². The third-order valence-corrected chi connectivity index (χ3v) is 8.08. The Labute approximate surface area is 222 Å². The summed E-state index contributed by atoms with van der Waals surface area (Å²) < 4.78 is 45.2. The van der Waals surface area contributed by atoms with E-state index in [0.717, 1.165) is 0 Å². The molecular formula is C26H34N2O9S. The number of aliphatic hydroxyl groups is 1. The van der Waals surface area contributed by atoms with Gasteiger partial charge in [0.2, 0.25) is 0 Å². The number of aliphatic hydroxyl groups excluding tert-OH is 1. The van der Waals surface area contributed by atoms with Gasteiger partial charge in [0.05, 0.1) is 65.2 Å². The molecule has 12 heteroatoms. The fourth-order valence-corrected chi connectivity index (χ4v) is 6.18. The molecule has 2 aromatic carbocycles. The number of ether oxygens (including phenoxy) is 4. The zero-order valence-electron chi connectivity index (χ0n) is 21.9. The monoisotopic (exact) mass is 550 g/mol. The van der Waals surface area contributed by atoms with E-state index in [-0.39, 0.29) is 49.3 Å². The molecule has 1 aliphatic heterocycles. The molecule has 1 aliphatic rings. The van der Waals surface area contributed by atoms with E-state index in [0.29, 0.717) is 34.1 Å². The highest BCUT2D eigenvalue weighted by Crippen LogP contribution is 2.29. The maximum Gasteiger partial charge on any atom is 0.176 e. The largest absolute Gasteiger partial charge is 0.493 e. The van der Waals surface area contributed by atoms with Gasteiger partial charge < -0.3 is 29.4 Å². The van der Waals surface area contributed by atoms with Gasteiger partial charge in [-0.25, -0.2) is 8.42 Å². The maximum absolute atomic E-state index is 13.1. The summed E-state index contributed by atoms with van der Waals surface area (Å²) in [6.45, 7) is 0.396. The maximum atomic E-state index is 13.1. The summed E-state index contributed by atoms with van der Waals surface area (Å²) in [5.74, 6) is 0.755. The van der Waals surface area contributed by atoms with Gasteiger partial charge in [0.25, 0.3) is 0 Å². The Morgan fingerprint density at radius 1 is 0.868 bits per heavy atom. The molecule has 0 radical (unpaired) electrons. The number of nitrogens with zero attached hydrogens (tertiary/aromatic N) is 1. The normalized spacial score (nSPS) is 18.3. The molecule has 1 heterocycles. The van der Waals surface area contributed by atoms with Crippen LogP contribution in [-0.4, -0.2) is 108 Å². The third kappa shape index (κ3) is 7.22. The first-order valence-corrected chi connectivity index (χ1v) is 13.8. The first kappa shape index (κ1) is 29.4. The summed E-state index contributed by atoms with van der Waals surface area (Å²) in [6.07, 6.45) is -1.12. The fourth-order valence-electron chi connectivity index (χ4n) is 4.34. The van der Waals surface area contributed by atoms with Crippen molar-refractivity contribution in [3.8, 4) is 23.0 Å². The number of ketones is 2. The van der Waals surface area contributed by atoms with Gasteiger partial charge in [0.1, 0.15) is 0 Å². The topological polar surface area (TPSA) is 141 Å². The summed E-state index contributed by atoms with van der Waals surface area (Å²) in [4.78, 5) is 27.4. The number of carbonyl (C=O) groups is 2. The molecule has 1 fully saturated rings. The van der Waals surface area contributed by atoms with E-state index < -0.39 is 22.0 Å². The second-order valence-electron chi connectivity index (χ2n) is 8.84. The minimum Gasteiger partial charge on any atom is -0.493 e. The number of nitrogens with one attached hydrogen (secondary N) is 1. The zero-order chi connectivity index (χ0) is 27.9. The Bertz CT molecular complexity index is 1250. The number of sulfone groups is 1. The van der Waals surface area contributed by atoms with Crippen molar-refractivity contribution in [2.24, 2.45) is 0 Å². The lowest BCUT2D eigenvalue weighted by atomic mass is 10.1. The van der Waals surface area contributed by atoms with Crippen molar-refractivity contribution in [3.05, 3.63) is 47.5 Å². The third-order valence-electron chi connectivity index (χ3n) is 6.38. The molecule has 0 spiro atoms. The van der Waals surface area contributed by atoms with Gasteiger partial charge in [-0.2, -0.15) is 0 Å². The molecule has 0 unspecified atom stereocenters. The van der Waals surface area contributed by atoms with Crippen molar-refractivity contribution in [1.82, 2.24) is 10.2 Å². The van der Waals surface area contributed by atoms with Crippen LogP contribution in [-0.2, 0) is 9.84 Å². The highest BCUT2D eigenvalue weighted by atomic mass is 32.2. The first-order valence-electron chi connectivity index (χ1n) is 12.0. The molecule has 1 saturated heterocycles. The lowest BCUT2D eigenvalue weighted by Crippen LogP contribution is -2.48. The summed E-state index contributed by atoms with van der Waals surface area (Å²) in [5, 5.41) is 13.5. The van der Waals surface area contributed by atoms with Crippen molar-refractivity contribution in [2.75, 3.05) is 66.1 Å². The quantitative estimate of drug-likeness (QED) is 0.255. The molecule has 0 aliphatic carbocycles. The van der Waals surface area contributed by atoms with Crippen molar-refractivity contribution in [3.63, 3.8) is 0 Å². The number of hydrogen-bond acceptors (Lipinski definition) is 11. The molecule has 38 heavy (non-hydrogen) atoms. The van der Waals surface area contributed by atoms with Crippen LogP contribution in [0.25, 0.3) is 0 Å². The number of rotatable bonds is 14. The molecule has 2 aromatic rings. The fraction of sp³-hybridized carbons (Fsp3) is 0.462. The van der Waals surface area contributed by atoms with E-state index in [9.17, 15) is 23.1 Å². The van der Waals surface area contributed by atoms with E-state index in [1.807, 2.05) is 0 Å². The highest BCUT2D eigenvalue weighted by Gasteiger charge is 2.40. The highest BCUT2D eigenvalue weighted by molar-refractivity contribution is 7.91. The second kappa shape index (κ2) is 13.1. The van der Waals surface area contributed by atoms with Gasteiger partial charge >= 0.3 is 0 Å². The Morgan fingerprint density at radius 2 is 1.39 bits per heavy atom. The minimum atomic E-state index is -3.44. The van der Waals surface area contributed by atoms with E-state index in [4.69, 9.17) is 18.9 Å². The van der Waals surface area contributed by atoms with Crippen LogP contribution >= 0.6 is 0 Å². The number of hydrogen-bond donors (Lipinski definition) is 2. The van der Waals surface area contributed by atoms with E-state index in [2.05, 4.69) is 5.32 Å². The molecule has 0 aromatic heterocycles. The molecule has 2 atom stereocenters. The summed E-state index contributed by atoms with van der Waals surface area (Å²) >= 11 is 0. The van der Waals surface area contributed by atoms with Crippen LogP contribution in [0.2, 0.25) is 0 Å². The lowest BCUT2D eigenvalue weighted by molar-refractivity contribution is 0.0696. The zero-order valence-corrected chi connectivity index (χ0v) is 22.7. The van der Waals surface area contributed by atoms with Crippen LogP contribution in [0.1, 0.15) is 20.7 Å². The van der Waals surface area contributed by atoms with Gasteiger partial charge in [0, 0.05) is 24.2 Å². The average Bonchev–Trinajstić information content (AvgIpc) is 3.20. The number of benzene rings is 2. The van der Waals surface area contributed by atoms with Gasteiger partial charge in [-0.3, -0.25) is 14.5 Å². The molecule has 0 bridgehead atoms. The van der Waals surface area contributed by atoms with E-state index in [1.54, 1.807) is 41.3 Å². The Kier molecular flexibility index (Phi) is 10.1. The first-order chi connectivity index (χ1) is 18.1. The second-order valence-corrected chi connectivity index (χ2v) is 11.0. The molecular weight excluding hydrogens is 516 g/mol. The lowest BCUT2D eigenvalue weighted by Gasteiger charge is -2.29. The smallest absolute Gasteiger partial charge is 0.176 e. The molecule has 208 valence electrons. The number of carbonyl (C=O) groups excluding carboxylic acids is 2. The van der Waals surface area contributed by atoms with E-state index in [1.165, 1.54) is 28.4 Å². The average molecular weight is 551 g/mol. The summed E-state index contributed by atoms with van der Waals surface area (Å²) in [5.41, 5.74) is 0.799. The van der Waals surface area contributed by atoms with Crippen molar-refractivity contribution in [1.29, 1.82) is 0 Å². The molecule has 3 rings (SSSR count). The predicted molar refractivity (Wildman–Crippen MR) is 141 cm³/mol. The predicted octanol–water partition coefficient (Wildman–Crippen LogP) is 0.836. The van der Waals surface area contributed by atoms with Crippen LogP contribution in [0.5, 0.6) is 23.0 Å².